The van der Waals surface area contributed by atoms with Crippen molar-refractivity contribution in [1.29, 1.82) is 5.26 Å². The summed E-state index contributed by atoms with van der Waals surface area (Å²) in [6.07, 6.45) is 2.42. The zero-order valence-corrected chi connectivity index (χ0v) is 14.4. The molecule has 1 aromatic carbocycles. The van der Waals surface area contributed by atoms with E-state index in [2.05, 4.69) is 5.32 Å². The zero-order valence-electron chi connectivity index (χ0n) is 12.8. The maximum Gasteiger partial charge on any atom is 0.266 e. The smallest absolute Gasteiger partial charge is 0.266 e. The van der Waals surface area contributed by atoms with Gasteiger partial charge >= 0.3 is 0 Å². The van der Waals surface area contributed by atoms with Crippen LogP contribution in [-0.4, -0.2) is 14.3 Å². The third-order valence-electron chi connectivity index (χ3n) is 3.12. The Morgan fingerprint density at radius 1 is 1.29 bits per heavy atom. The molecule has 0 aliphatic rings. The van der Waals surface area contributed by atoms with Crippen LogP contribution < -0.4 is 10.5 Å². The number of nitriles is 1. The average molecular weight is 361 g/mol. The monoisotopic (exact) mass is 361 g/mol. The van der Waals surface area contributed by atoms with Crippen LogP contribution in [0.15, 0.2) is 46.9 Å². The summed E-state index contributed by atoms with van der Waals surface area (Å²) in [4.78, 5) is 14.1. The maximum absolute atomic E-state index is 12.2. The summed E-state index contributed by atoms with van der Waals surface area (Å²) in [5, 5.41) is 16.7. The summed E-state index contributed by atoms with van der Waals surface area (Å²) in [6, 6.07) is 11.1. The third kappa shape index (κ3) is 4.52. The molecule has 0 saturated heterocycles. The first-order chi connectivity index (χ1) is 11.3. The first-order valence-corrected chi connectivity index (χ1v) is 9.34. The van der Waals surface area contributed by atoms with Crippen LogP contribution in [-0.2, 0) is 21.2 Å². The van der Waals surface area contributed by atoms with Crippen LogP contribution in [0.4, 0.5) is 5.69 Å². The highest BCUT2D eigenvalue weighted by Gasteiger charge is 2.12. The number of nitrogens with two attached hydrogens (primary N) is 1. The van der Waals surface area contributed by atoms with Gasteiger partial charge in [-0.3, -0.25) is 4.79 Å². The molecule has 0 aliphatic heterocycles. The van der Waals surface area contributed by atoms with Crippen molar-refractivity contribution in [2.24, 2.45) is 5.14 Å². The Morgan fingerprint density at radius 3 is 2.46 bits per heavy atom. The van der Waals surface area contributed by atoms with Crippen molar-refractivity contribution in [3.63, 3.8) is 0 Å². The number of nitrogens with zero attached hydrogens (tertiary/aromatic N) is 1. The van der Waals surface area contributed by atoms with E-state index >= 15 is 0 Å². The van der Waals surface area contributed by atoms with Crippen LogP contribution in [0.3, 0.4) is 0 Å². The Bertz CT molecular complexity index is 920. The molecule has 0 spiro atoms. The molecule has 8 heteroatoms. The van der Waals surface area contributed by atoms with Gasteiger partial charge in [-0.1, -0.05) is 6.92 Å². The van der Waals surface area contributed by atoms with Crippen molar-refractivity contribution in [3.8, 4) is 6.07 Å². The lowest BCUT2D eigenvalue weighted by molar-refractivity contribution is -0.112. The zero-order chi connectivity index (χ0) is 17.7. The van der Waals surface area contributed by atoms with E-state index in [0.717, 1.165) is 16.2 Å². The summed E-state index contributed by atoms with van der Waals surface area (Å²) in [6.45, 7) is 2.03. The number of primary sulfonamides is 1. The fraction of sp³-hybridized carbons (Fsp3) is 0.125. The van der Waals surface area contributed by atoms with Crippen molar-refractivity contribution >= 4 is 39.0 Å². The molecule has 1 aromatic heterocycles. The summed E-state index contributed by atoms with van der Waals surface area (Å²) in [5.41, 5.74) is 0.337. The first-order valence-electron chi connectivity index (χ1n) is 6.98. The molecule has 0 unspecified atom stereocenters. The topological polar surface area (TPSA) is 113 Å². The molecule has 1 amide bonds. The largest absolute Gasteiger partial charge is 0.321 e. The average Bonchev–Trinajstić information content (AvgIpc) is 3.00. The molecule has 0 aliphatic carbocycles. The lowest BCUT2D eigenvalue weighted by Gasteiger charge is -2.05. The number of benzene rings is 1. The van der Waals surface area contributed by atoms with Crippen molar-refractivity contribution in [1.82, 2.24) is 0 Å². The number of amides is 1. The minimum Gasteiger partial charge on any atom is -0.321 e. The van der Waals surface area contributed by atoms with Crippen molar-refractivity contribution < 1.29 is 13.2 Å². The Kier molecular flexibility index (Phi) is 5.51. The van der Waals surface area contributed by atoms with Crippen LogP contribution in [0.5, 0.6) is 0 Å². The molecule has 2 aromatic rings. The van der Waals surface area contributed by atoms with Crippen molar-refractivity contribution in [2.45, 2.75) is 18.2 Å². The number of aryl methyl sites for hydroxylation is 1. The molecular weight excluding hydrogens is 346 g/mol. The number of sulfonamides is 1. The molecule has 0 fully saturated rings. The molecule has 24 heavy (non-hydrogen) atoms. The van der Waals surface area contributed by atoms with E-state index in [-0.39, 0.29) is 10.5 Å². The molecule has 124 valence electrons. The lowest BCUT2D eigenvalue weighted by atomic mass is 10.2. The van der Waals surface area contributed by atoms with E-state index in [1.165, 1.54) is 41.7 Å². The van der Waals surface area contributed by atoms with Gasteiger partial charge in [0.05, 0.1) is 4.90 Å². The van der Waals surface area contributed by atoms with Crippen molar-refractivity contribution in [2.75, 3.05) is 5.32 Å². The molecular formula is C16H15N3O3S2. The Labute approximate surface area is 144 Å². The standard InChI is InChI=1S/C16H15N3O3S2/c1-2-13-5-6-14(23-13)9-11(10-17)16(20)19-12-3-7-15(8-4-12)24(18,21)22/h3-9H,2H2,1H3,(H,19,20)(H2,18,21,22). The van der Waals surface area contributed by atoms with Crippen LogP contribution >= 0.6 is 11.3 Å². The van der Waals surface area contributed by atoms with Gasteiger partial charge in [0.1, 0.15) is 11.6 Å². The second-order valence-corrected chi connectivity index (χ2v) is 7.61. The van der Waals surface area contributed by atoms with Gasteiger partial charge in [-0.25, -0.2) is 13.6 Å². The molecule has 1 heterocycles. The minimum absolute atomic E-state index is 0.0324. The van der Waals surface area contributed by atoms with E-state index in [0.29, 0.717) is 5.69 Å². The second-order valence-electron chi connectivity index (χ2n) is 4.85. The Balaban J connectivity index is 2.16. The van der Waals surface area contributed by atoms with Gasteiger partial charge in [0.25, 0.3) is 5.91 Å². The third-order valence-corrected chi connectivity index (χ3v) is 5.23. The molecule has 3 N–H and O–H groups in total. The van der Waals surface area contributed by atoms with Gasteiger partial charge in [0.15, 0.2) is 0 Å². The fourth-order valence-electron chi connectivity index (χ4n) is 1.88. The summed E-state index contributed by atoms with van der Waals surface area (Å²) in [7, 11) is -3.79. The van der Waals surface area contributed by atoms with Crippen LogP contribution in [0.2, 0.25) is 0 Å². The van der Waals surface area contributed by atoms with Crippen LogP contribution in [0, 0.1) is 11.3 Å². The van der Waals surface area contributed by atoms with E-state index in [1.54, 1.807) is 0 Å². The first kappa shape index (κ1) is 17.9. The van der Waals surface area contributed by atoms with Gasteiger partial charge in [-0.05, 0) is 48.9 Å². The minimum atomic E-state index is -3.79. The number of thiophene rings is 1. The molecule has 0 radical (unpaired) electrons. The molecule has 0 bridgehead atoms. The molecule has 0 saturated carbocycles. The number of rotatable bonds is 5. The van der Waals surface area contributed by atoms with Gasteiger partial charge < -0.3 is 5.32 Å². The van der Waals surface area contributed by atoms with Gasteiger partial charge in [-0.2, -0.15) is 5.26 Å². The van der Waals surface area contributed by atoms with Crippen LogP contribution in [0.1, 0.15) is 16.7 Å². The van der Waals surface area contributed by atoms with Crippen molar-refractivity contribution in [3.05, 3.63) is 51.7 Å². The number of carbonyl (C=O) groups excluding carboxylic acids is 1. The Morgan fingerprint density at radius 2 is 1.96 bits per heavy atom. The predicted molar refractivity (Wildman–Crippen MR) is 93.7 cm³/mol. The highest BCUT2D eigenvalue weighted by Crippen LogP contribution is 2.20. The highest BCUT2D eigenvalue weighted by atomic mass is 32.2. The predicted octanol–water partition coefficient (Wildman–Crippen LogP) is 2.50. The van der Waals surface area contributed by atoms with Gasteiger partial charge in [0, 0.05) is 15.4 Å². The fourth-order valence-corrected chi connectivity index (χ4v) is 3.29. The van der Waals surface area contributed by atoms with E-state index in [9.17, 15) is 18.5 Å². The highest BCUT2D eigenvalue weighted by molar-refractivity contribution is 7.89. The van der Waals surface area contributed by atoms with E-state index in [4.69, 9.17) is 5.14 Å². The summed E-state index contributed by atoms with van der Waals surface area (Å²) in [5.74, 6) is -0.563. The number of nitrogens with one attached hydrogen (secondary N) is 1. The number of hydrogen-bond donors (Lipinski definition) is 2. The number of carbonyl (C=O) groups is 1. The van der Waals surface area contributed by atoms with Gasteiger partial charge in [-0.15, -0.1) is 11.3 Å². The summed E-state index contributed by atoms with van der Waals surface area (Å²) >= 11 is 1.52. The SMILES string of the molecule is CCc1ccc(C=C(C#N)C(=O)Nc2ccc(S(N)(=O)=O)cc2)s1. The van der Waals surface area contributed by atoms with Crippen LogP contribution in [0.25, 0.3) is 6.08 Å². The van der Waals surface area contributed by atoms with Gasteiger partial charge in [0.2, 0.25) is 10.0 Å². The normalized spacial score (nSPS) is 11.8. The maximum atomic E-state index is 12.2. The van der Waals surface area contributed by atoms with E-state index in [1.807, 2.05) is 25.1 Å². The lowest BCUT2D eigenvalue weighted by Crippen LogP contribution is -2.14. The molecule has 2 rings (SSSR count). The summed E-state index contributed by atoms with van der Waals surface area (Å²) < 4.78 is 22.4. The number of hydrogen-bond acceptors (Lipinski definition) is 5. The number of anilines is 1. The second kappa shape index (κ2) is 7.40. The van der Waals surface area contributed by atoms with E-state index < -0.39 is 15.9 Å². The quantitative estimate of drug-likeness (QED) is 0.629. The molecule has 6 nitrogen and oxygen atoms in total. The Hall–Kier alpha value is -2.47. The molecule has 0 atom stereocenters.